The van der Waals surface area contributed by atoms with Gasteiger partial charge in [0.25, 0.3) is 5.91 Å². The molecule has 3 unspecified atom stereocenters. The van der Waals surface area contributed by atoms with Crippen molar-refractivity contribution >= 4 is 29.1 Å². The fourth-order valence-corrected chi connectivity index (χ4v) is 5.48. The SMILES string of the molecule is COc1ccccc1CNC(=O)CN1OC2C(=O)N(Cc3ccccc3)C(=O)C2C1c1cccs1. The molecule has 2 saturated heterocycles. The zero-order valence-electron chi connectivity index (χ0n) is 19.1. The third-order valence-electron chi connectivity index (χ3n) is 6.27. The third kappa shape index (κ3) is 4.58. The Hall–Kier alpha value is -3.53. The van der Waals surface area contributed by atoms with Gasteiger partial charge >= 0.3 is 0 Å². The van der Waals surface area contributed by atoms with E-state index in [1.54, 1.807) is 7.11 Å². The minimum Gasteiger partial charge on any atom is -0.496 e. The molecule has 1 aromatic heterocycles. The molecule has 0 radical (unpaired) electrons. The van der Waals surface area contributed by atoms with Crippen LogP contribution in [0.2, 0.25) is 0 Å². The van der Waals surface area contributed by atoms with E-state index in [0.717, 1.165) is 16.0 Å². The van der Waals surface area contributed by atoms with Gasteiger partial charge in [0.05, 0.1) is 25.6 Å². The molecular weight excluding hydrogens is 466 g/mol. The van der Waals surface area contributed by atoms with Crippen molar-refractivity contribution in [2.24, 2.45) is 5.92 Å². The lowest BCUT2D eigenvalue weighted by atomic mass is 9.95. The van der Waals surface area contributed by atoms with Crippen LogP contribution < -0.4 is 10.1 Å². The zero-order chi connectivity index (χ0) is 24.4. The Balaban J connectivity index is 1.31. The molecule has 3 atom stereocenters. The first-order valence-corrected chi connectivity index (χ1v) is 12.2. The van der Waals surface area contributed by atoms with Crippen molar-refractivity contribution in [3.8, 4) is 5.75 Å². The lowest BCUT2D eigenvalue weighted by molar-refractivity contribution is -0.182. The summed E-state index contributed by atoms with van der Waals surface area (Å²) in [5, 5.41) is 6.27. The number of carbonyl (C=O) groups excluding carboxylic acids is 3. The highest BCUT2D eigenvalue weighted by Gasteiger charge is 2.59. The van der Waals surface area contributed by atoms with Crippen LogP contribution in [0.15, 0.2) is 72.1 Å². The van der Waals surface area contributed by atoms with E-state index >= 15 is 0 Å². The summed E-state index contributed by atoms with van der Waals surface area (Å²) in [7, 11) is 1.58. The monoisotopic (exact) mass is 491 g/mol. The number of hydrogen-bond acceptors (Lipinski definition) is 7. The molecule has 3 heterocycles. The predicted molar refractivity (Wildman–Crippen MR) is 129 cm³/mol. The quantitative estimate of drug-likeness (QED) is 0.488. The Morgan fingerprint density at radius 3 is 2.54 bits per heavy atom. The van der Waals surface area contributed by atoms with Gasteiger partial charge in [-0.15, -0.1) is 11.3 Å². The minimum atomic E-state index is -0.944. The average Bonchev–Trinajstić information content (AvgIpc) is 3.58. The van der Waals surface area contributed by atoms with Gasteiger partial charge in [0, 0.05) is 17.0 Å². The van der Waals surface area contributed by atoms with Crippen molar-refractivity contribution in [1.82, 2.24) is 15.3 Å². The summed E-state index contributed by atoms with van der Waals surface area (Å²) in [6.07, 6.45) is -0.944. The number of fused-ring (bicyclic) bond motifs is 1. The number of rotatable bonds is 8. The number of thiophene rings is 1. The highest BCUT2D eigenvalue weighted by atomic mass is 32.1. The molecule has 9 heteroatoms. The van der Waals surface area contributed by atoms with Gasteiger partial charge in [-0.1, -0.05) is 54.6 Å². The number of imide groups is 1. The molecule has 0 spiro atoms. The number of ether oxygens (including phenoxy) is 1. The first kappa shape index (κ1) is 23.2. The smallest absolute Gasteiger partial charge is 0.261 e. The van der Waals surface area contributed by atoms with E-state index in [1.165, 1.54) is 21.3 Å². The third-order valence-corrected chi connectivity index (χ3v) is 7.22. The van der Waals surface area contributed by atoms with Crippen molar-refractivity contribution in [2.75, 3.05) is 13.7 Å². The van der Waals surface area contributed by atoms with Crippen molar-refractivity contribution < 1.29 is 24.0 Å². The van der Waals surface area contributed by atoms with Crippen LogP contribution in [-0.4, -0.2) is 47.4 Å². The Kier molecular flexibility index (Phi) is 6.63. The van der Waals surface area contributed by atoms with Crippen LogP contribution in [0.25, 0.3) is 0 Å². The van der Waals surface area contributed by atoms with Crippen LogP contribution >= 0.6 is 11.3 Å². The second kappa shape index (κ2) is 9.99. The van der Waals surface area contributed by atoms with E-state index in [9.17, 15) is 14.4 Å². The second-order valence-corrected chi connectivity index (χ2v) is 9.40. The van der Waals surface area contributed by atoms with Gasteiger partial charge in [-0.05, 0) is 23.1 Å². The summed E-state index contributed by atoms with van der Waals surface area (Å²) in [5.41, 5.74) is 1.72. The van der Waals surface area contributed by atoms with E-state index in [4.69, 9.17) is 9.57 Å². The van der Waals surface area contributed by atoms with E-state index in [2.05, 4.69) is 5.32 Å². The maximum absolute atomic E-state index is 13.4. The van der Waals surface area contributed by atoms with Crippen LogP contribution in [0.1, 0.15) is 22.0 Å². The van der Waals surface area contributed by atoms with E-state index in [1.807, 2.05) is 72.1 Å². The van der Waals surface area contributed by atoms with Gasteiger partial charge in [-0.2, -0.15) is 5.06 Å². The summed E-state index contributed by atoms with van der Waals surface area (Å²) in [4.78, 5) is 47.5. The summed E-state index contributed by atoms with van der Waals surface area (Å²) in [6.45, 7) is 0.380. The number of nitrogens with one attached hydrogen (secondary N) is 1. The molecule has 0 saturated carbocycles. The Morgan fingerprint density at radius 2 is 1.80 bits per heavy atom. The van der Waals surface area contributed by atoms with Crippen LogP contribution in [-0.2, 0) is 32.3 Å². The van der Waals surface area contributed by atoms with Gasteiger partial charge < -0.3 is 10.1 Å². The number of likely N-dealkylation sites (tertiary alicyclic amines) is 1. The lowest BCUT2D eigenvalue weighted by Gasteiger charge is -2.26. The molecule has 3 aromatic rings. The maximum atomic E-state index is 13.4. The molecule has 3 amide bonds. The summed E-state index contributed by atoms with van der Waals surface area (Å²) < 4.78 is 5.34. The van der Waals surface area contributed by atoms with E-state index < -0.39 is 18.1 Å². The van der Waals surface area contributed by atoms with Crippen LogP contribution in [0.5, 0.6) is 5.75 Å². The number of benzene rings is 2. The molecule has 0 aliphatic carbocycles. The van der Waals surface area contributed by atoms with Gasteiger partial charge in [0.2, 0.25) is 11.8 Å². The van der Waals surface area contributed by atoms with Crippen LogP contribution in [0.3, 0.4) is 0 Å². The Morgan fingerprint density at radius 1 is 1.03 bits per heavy atom. The molecular formula is C26H25N3O5S. The van der Waals surface area contributed by atoms with Crippen LogP contribution in [0, 0.1) is 5.92 Å². The standard InChI is InChI=1S/C26H25N3O5S/c1-33-19-11-6-5-10-18(19)14-27-21(30)16-29-23(20-12-7-13-35-20)22-24(34-29)26(32)28(25(22)31)15-17-8-3-2-4-9-17/h2-13,22-24H,14-16H2,1H3,(H,27,30). The summed E-state index contributed by atoms with van der Waals surface area (Å²) in [5.74, 6) is -0.946. The van der Waals surface area contributed by atoms with Crippen molar-refractivity contribution in [3.63, 3.8) is 0 Å². The molecule has 2 aliphatic heterocycles. The number of methoxy groups -OCH3 is 1. The molecule has 35 heavy (non-hydrogen) atoms. The molecule has 2 aromatic carbocycles. The highest BCUT2D eigenvalue weighted by Crippen LogP contribution is 2.45. The molecule has 5 rings (SSSR count). The Bertz CT molecular complexity index is 1220. The number of hydroxylamine groups is 2. The van der Waals surface area contributed by atoms with E-state index in [-0.39, 0.29) is 37.4 Å². The highest BCUT2D eigenvalue weighted by molar-refractivity contribution is 7.10. The number of amides is 3. The van der Waals surface area contributed by atoms with Gasteiger partial charge in [-0.3, -0.25) is 24.1 Å². The van der Waals surface area contributed by atoms with E-state index in [0.29, 0.717) is 5.75 Å². The first-order chi connectivity index (χ1) is 17.1. The maximum Gasteiger partial charge on any atom is 0.261 e. The van der Waals surface area contributed by atoms with Gasteiger partial charge in [0.1, 0.15) is 12.3 Å². The normalized spacial score (nSPS) is 21.9. The fraction of sp³-hybridized carbons (Fsp3) is 0.269. The van der Waals surface area contributed by atoms with Crippen molar-refractivity contribution in [3.05, 3.63) is 88.1 Å². The molecule has 1 N–H and O–H groups in total. The largest absolute Gasteiger partial charge is 0.496 e. The first-order valence-electron chi connectivity index (χ1n) is 11.3. The topological polar surface area (TPSA) is 88.2 Å². The molecule has 180 valence electrons. The summed E-state index contributed by atoms with van der Waals surface area (Å²) >= 11 is 1.47. The molecule has 2 aliphatic rings. The predicted octanol–water partition coefficient (Wildman–Crippen LogP) is 2.92. The minimum absolute atomic E-state index is 0.107. The molecule has 8 nitrogen and oxygen atoms in total. The van der Waals surface area contributed by atoms with Gasteiger partial charge in [-0.25, -0.2) is 0 Å². The number of hydrogen-bond donors (Lipinski definition) is 1. The van der Waals surface area contributed by atoms with Gasteiger partial charge in [0.15, 0.2) is 6.10 Å². The van der Waals surface area contributed by atoms with Crippen molar-refractivity contribution in [2.45, 2.75) is 25.2 Å². The van der Waals surface area contributed by atoms with Crippen LogP contribution in [0.4, 0.5) is 0 Å². The lowest BCUT2D eigenvalue weighted by Crippen LogP contribution is -2.40. The average molecular weight is 492 g/mol. The van der Waals surface area contributed by atoms with Crippen molar-refractivity contribution in [1.29, 1.82) is 0 Å². The summed E-state index contributed by atoms with van der Waals surface area (Å²) in [6, 6.07) is 20.1. The number of nitrogens with zero attached hydrogens (tertiary/aromatic N) is 2. The zero-order valence-corrected chi connectivity index (χ0v) is 19.9. The number of carbonyl (C=O) groups is 3. The number of para-hydroxylation sites is 1. The second-order valence-electron chi connectivity index (χ2n) is 8.42. The fourth-order valence-electron chi connectivity index (χ4n) is 4.60. The molecule has 2 fully saturated rings. The molecule has 0 bridgehead atoms. The Labute approximate surface area is 207 Å².